The van der Waals surface area contributed by atoms with Crippen LogP contribution in [0.5, 0.6) is 0 Å². The first kappa shape index (κ1) is 15.9. The molecule has 0 unspecified atom stereocenters. The molecule has 110 valence electrons. The van der Waals surface area contributed by atoms with Crippen LogP contribution < -0.4 is 0 Å². The van der Waals surface area contributed by atoms with Crippen LogP contribution >= 0.6 is 0 Å². The summed E-state index contributed by atoms with van der Waals surface area (Å²) in [7, 11) is 0. The monoisotopic (exact) mass is 281 g/mol. The topological polar surface area (TPSA) is 62.4 Å². The average molecular weight is 281 g/mol. The van der Waals surface area contributed by atoms with E-state index in [4.69, 9.17) is 9.52 Å². The van der Waals surface area contributed by atoms with Gasteiger partial charge < -0.3 is 9.52 Å². The Morgan fingerprint density at radius 2 is 2.00 bits per heavy atom. The molecule has 1 N–H and O–H groups in total. The predicted octanol–water partition coefficient (Wildman–Crippen LogP) is 1.94. The van der Waals surface area contributed by atoms with E-state index in [1.165, 1.54) is 0 Å². The minimum atomic E-state index is -4.30. The summed E-state index contributed by atoms with van der Waals surface area (Å²) in [6.45, 7) is 2.55. The lowest BCUT2D eigenvalue weighted by atomic mass is 10.2. The van der Waals surface area contributed by atoms with E-state index in [2.05, 4.69) is 10.2 Å². The lowest BCUT2D eigenvalue weighted by molar-refractivity contribution is -0.148. The highest BCUT2D eigenvalue weighted by Gasteiger charge is 2.31. The molecule has 0 saturated carbocycles. The molecule has 0 bridgehead atoms. The third-order valence-electron chi connectivity index (χ3n) is 2.37. The van der Waals surface area contributed by atoms with Crippen LogP contribution in [0.1, 0.15) is 38.0 Å². The van der Waals surface area contributed by atoms with Crippen molar-refractivity contribution in [2.45, 2.75) is 38.9 Å². The second kappa shape index (κ2) is 6.85. The third-order valence-corrected chi connectivity index (χ3v) is 2.37. The molecule has 0 aliphatic carbocycles. The van der Waals surface area contributed by atoms with Gasteiger partial charge in [0.25, 0.3) is 0 Å². The van der Waals surface area contributed by atoms with Crippen LogP contribution in [0.3, 0.4) is 0 Å². The van der Waals surface area contributed by atoms with Crippen molar-refractivity contribution in [3.8, 4) is 0 Å². The number of aliphatic hydroxyl groups excluding tert-OH is 1. The van der Waals surface area contributed by atoms with Gasteiger partial charge in [-0.2, -0.15) is 13.2 Å². The van der Waals surface area contributed by atoms with Crippen LogP contribution in [0.25, 0.3) is 0 Å². The summed E-state index contributed by atoms with van der Waals surface area (Å²) in [6, 6.07) is 0. The fourth-order valence-corrected chi connectivity index (χ4v) is 1.52. The maximum atomic E-state index is 12.4. The molecule has 5 nitrogen and oxygen atoms in total. The first-order valence-corrected chi connectivity index (χ1v) is 6.04. The van der Waals surface area contributed by atoms with Gasteiger partial charge in [-0.05, 0) is 6.42 Å². The normalized spacial score (nSPS) is 12.6. The van der Waals surface area contributed by atoms with Gasteiger partial charge in [-0.3, -0.25) is 4.90 Å². The van der Waals surface area contributed by atoms with E-state index in [1.54, 1.807) is 0 Å². The van der Waals surface area contributed by atoms with Gasteiger partial charge in [-0.25, -0.2) is 0 Å². The largest absolute Gasteiger partial charge is 0.424 e. The van der Waals surface area contributed by atoms with E-state index < -0.39 is 12.7 Å². The second-order valence-corrected chi connectivity index (χ2v) is 4.59. The molecule has 0 fully saturated rings. The molecule has 0 aromatic carbocycles. The van der Waals surface area contributed by atoms with E-state index in [-0.39, 0.29) is 37.9 Å². The number of halogens is 3. The summed E-state index contributed by atoms with van der Waals surface area (Å²) >= 11 is 0. The molecule has 0 atom stereocenters. The molecule has 1 aromatic rings. The zero-order valence-corrected chi connectivity index (χ0v) is 10.9. The zero-order chi connectivity index (χ0) is 14.5. The van der Waals surface area contributed by atoms with Crippen molar-refractivity contribution in [1.82, 2.24) is 15.1 Å². The number of alkyl halides is 3. The highest BCUT2D eigenvalue weighted by atomic mass is 19.4. The summed E-state index contributed by atoms with van der Waals surface area (Å²) < 4.78 is 42.5. The number of nitrogens with zero attached hydrogens (tertiary/aromatic N) is 3. The van der Waals surface area contributed by atoms with Gasteiger partial charge in [-0.1, -0.05) is 13.8 Å². The van der Waals surface area contributed by atoms with Gasteiger partial charge in [0.2, 0.25) is 11.8 Å². The Balaban J connectivity index is 2.64. The first-order valence-electron chi connectivity index (χ1n) is 6.04. The summed E-state index contributed by atoms with van der Waals surface area (Å²) in [5, 5.41) is 16.2. The molecule has 1 heterocycles. The van der Waals surface area contributed by atoms with Crippen LogP contribution in [0.15, 0.2) is 4.42 Å². The SMILES string of the molecule is CC(C)c1nnc(CN(CCCO)CC(F)(F)F)o1. The molecule has 8 heteroatoms. The molecule has 0 aliphatic rings. The lowest BCUT2D eigenvalue weighted by Crippen LogP contribution is -2.35. The number of hydrogen-bond acceptors (Lipinski definition) is 5. The second-order valence-electron chi connectivity index (χ2n) is 4.59. The maximum absolute atomic E-state index is 12.4. The standard InChI is InChI=1S/C11H18F3N3O2/c1-8(2)10-16-15-9(19-10)6-17(4-3-5-18)7-11(12,13)14/h8,18H,3-7H2,1-2H3. The molecule has 0 aliphatic heterocycles. The minimum Gasteiger partial charge on any atom is -0.424 e. The zero-order valence-electron chi connectivity index (χ0n) is 10.9. The Labute approximate surface area is 109 Å². The summed E-state index contributed by atoms with van der Waals surface area (Å²) in [5.41, 5.74) is 0. The van der Waals surface area contributed by atoms with E-state index in [0.717, 1.165) is 4.90 Å². The molecule has 1 aromatic heterocycles. The Hall–Kier alpha value is -1.15. The Bertz CT molecular complexity index is 380. The molecule has 0 saturated heterocycles. The van der Waals surface area contributed by atoms with Crippen LogP contribution in [0, 0.1) is 0 Å². The van der Waals surface area contributed by atoms with Crippen molar-refractivity contribution < 1.29 is 22.7 Å². The molecule has 0 spiro atoms. The van der Waals surface area contributed by atoms with Crippen LogP contribution in [0.2, 0.25) is 0 Å². The fraction of sp³-hybridized carbons (Fsp3) is 0.818. The average Bonchev–Trinajstić information content (AvgIpc) is 2.72. The highest BCUT2D eigenvalue weighted by molar-refractivity contribution is 4.87. The van der Waals surface area contributed by atoms with E-state index >= 15 is 0 Å². The number of rotatable bonds is 7. The molecular weight excluding hydrogens is 263 g/mol. The highest BCUT2D eigenvalue weighted by Crippen LogP contribution is 2.19. The van der Waals surface area contributed by atoms with Crippen LogP contribution in [-0.2, 0) is 6.54 Å². The van der Waals surface area contributed by atoms with Gasteiger partial charge in [0.05, 0.1) is 13.1 Å². The molecular formula is C11H18F3N3O2. The van der Waals surface area contributed by atoms with Crippen molar-refractivity contribution in [2.24, 2.45) is 0 Å². The maximum Gasteiger partial charge on any atom is 0.401 e. The van der Waals surface area contributed by atoms with Crippen molar-refractivity contribution in [1.29, 1.82) is 0 Å². The van der Waals surface area contributed by atoms with Crippen molar-refractivity contribution in [3.05, 3.63) is 11.8 Å². The number of aliphatic hydroxyl groups is 1. The van der Waals surface area contributed by atoms with E-state index in [1.807, 2.05) is 13.8 Å². The number of aromatic nitrogens is 2. The smallest absolute Gasteiger partial charge is 0.401 e. The minimum absolute atomic E-state index is 0.0368. The summed E-state index contributed by atoms with van der Waals surface area (Å²) in [4.78, 5) is 1.13. The van der Waals surface area contributed by atoms with Crippen molar-refractivity contribution in [2.75, 3.05) is 19.7 Å². The van der Waals surface area contributed by atoms with Gasteiger partial charge in [0.15, 0.2) is 0 Å². The first-order chi connectivity index (χ1) is 8.81. The Morgan fingerprint density at radius 1 is 1.32 bits per heavy atom. The van der Waals surface area contributed by atoms with Gasteiger partial charge in [0, 0.05) is 19.1 Å². The summed E-state index contributed by atoms with van der Waals surface area (Å²) in [5.74, 6) is 0.602. The summed E-state index contributed by atoms with van der Waals surface area (Å²) in [6.07, 6.45) is -4.03. The van der Waals surface area contributed by atoms with E-state index in [9.17, 15) is 13.2 Å². The van der Waals surface area contributed by atoms with Gasteiger partial charge in [-0.15, -0.1) is 10.2 Å². The lowest BCUT2D eigenvalue weighted by Gasteiger charge is -2.21. The number of hydrogen-bond donors (Lipinski definition) is 1. The van der Waals surface area contributed by atoms with Crippen molar-refractivity contribution in [3.63, 3.8) is 0 Å². The quantitative estimate of drug-likeness (QED) is 0.827. The Kier molecular flexibility index (Phi) is 5.74. The predicted molar refractivity (Wildman–Crippen MR) is 61.4 cm³/mol. The van der Waals surface area contributed by atoms with Crippen molar-refractivity contribution >= 4 is 0 Å². The molecule has 0 amide bonds. The molecule has 1 rings (SSSR count). The fourth-order valence-electron chi connectivity index (χ4n) is 1.52. The van der Waals surface area contributed by atoms with E-state index in [0.29, 0.717) is 5.89 Å². The third kappa shape index (κ3) is 6.02. The van der Waals surface area contributed by atoms with Crippen LogP contribution in [-0.4, -0.2) is 46.1 Å². The Morgan fingerprint density at radius 3 is 2.47 bits per heavy atom. The molecule has 0 radical (unpaired) electrons. The van der Waals surface area contributed by atoms with Gasteiger partial charge in [0.1, 0.15) is 0 Å². The van der Waals surface area contributed by atoms with Crippen LogP contribution in [0.4, 0.5) is 13.2 Å². The van der Waals surface area contributed by atoms with Gasteiger partial charge >= 0.3 is 6.18 Å². The molecule has 19 heavy (non-hydrogen) atoms.